The van der Waals surface area contributed by atoms with E-state index in [4.69, 9.17) is 4.74 Å². The first-order valence-electron chi connectivity index (χ1n) is 11.7. The Morgan fingerprint density at radius 3 is 2.34 bits per heavy atom. The molecule has 2 aromatic carbocycles. The van der Waals surface area contributed by atoms with E-state index in [2.05, 4.69) is 6.07 Å². The summed E-state index contributed by atoms with van der Waals surface area (Å²) in [5.74, 6) is -1.10. The quantitative estimate of drug-likeness (QED) is 0.200. The molecule has 2 heterocycles. The van der Waals surface area contributed by atoms with E-state index in [1.807, 2.05) is 49.3 Å². The number of Topliss-reactive ketones (excluding diaryl/α,β-unsaturated/α-hetero) is 1. The molecule has 0 radical (unpaired) electrons. The predicted octanol–water partition coefficient (Wildman–Crippen LogP) is 5.26. The zero-order chi connectivity index (χ0) is 25.3. The Morgan fingerprint density at radius 2 is 1.69 bits per heavy atom. The lowest BCUT2D eigenvalue weighted by molar-refractivity contribution is -0.384. The molecule has 1 aliphatic heterocycles. The van der Waals surface area contributed by atoms with Crippen molar-refractivity contribution >= 4 is 23.1 Å². The fraction of sp³-hybridized carbons (Fsp3) is 0.333. The highest BCUT2D eigenvalue weighted by Gasteiger charge is 2.25. The number of carbonyl (C=O) groups is 2. The first-order chi connectivity index (χ1) is 16.7. The number of nitro benzene ring substituents is 1. The lowest BCUT2D eigenvalue weighted by atomic mass is 10.1. The lowest BCUT2D eigenvalue weighted by Crippen LogP contribution is -2.19. The maximum Gasteiger partial charge on any atom is 0.338 e. The van der Waals surface area contributed by atoms with Crippen LogP contribution in [-0.2, 0) is 4.74 Å². The summed E-state index contributed by atoms with van der Waals surface area (Å²) < 4.78 is 7.26. The average Bonchev–Trinajstić information content (AvgIpc) is 3.47. The molecule has 0 atom stereocenters. The Morgan fingerprint density at radius 1 is 0.971 bits per heavy atom. The van der Waals surface area contributed by atoms with E-state index in [0.29, 0.717) is 11.3 Å². The highest BCUT2D eigenvalue weighted by atomic mass is 16.6. The van der Waals surface area contributed by atoms with Crippen molar-refractivity contribution in [2.75, 3.05) is 24.6 Å². The molecule has 8 nitrogen and oxygen atoms in total. The first-order valence-corrected chi connectivity index (χ1v) is 11.7. The van der Waals surface area contributed by atoms with E-state index in [1.54, 1.807) is 12.1 Å². The minimum Gasteiger partial charge on any atom is -0.454 e. The van der Waals surface area contributed by atoms with Crippen LogP contribution < -0.4 is 4.90 Å². The van der Waals surface area contributed by atoms with Crippen molar-refractivity contribution in [3.05, 3.63) is 86.2 Å². The number of rotatable bonds is 7. The normalized spacial score (nSPS) is 13.2. The van der Waals surface area contributed by atoms with Crippen LogP contribution in [-0.4, -0.2) is 40.9 Å². The van der Waals surface area contributed by atoms with Crippen molar-refractivity contribution in [3.63, 3.8) is 0 Å². The SMILES string of the molecule is Cc1ccc(-n2c(C)cc(C(=O)COC(=O)c3ccc(N4CCCC4)c([N+](=O)[O-])c3)c2C)cc1C. The number of nitro groups is 1. The number of anilines is 1. The monoisotopic (exact) mass is 475 g/mol. The van der Waals surface area contributed by atoms with Crippen LogP contribution >= 0.6 is 0 Å². The van der Waals surface area contributed by atoms with Crippen molar-refractivity contribution < 1.29 is 19.2 Å². The molecular formula is C27H29N3O5. The summed E-state index contributed by atoms with van der Waals surface area (Å²) in [6.45, 7) is 8.92. The minimum atomic E-state index is -0.766. The number of aromatic nitrogens is 1. The van der Waals surface area contributed by atoms with Crippen molar-refractivity contribution in [1.29, 1.82) is 0 Å². The van der Waals surface area contributed by atoms with Crippen LogP contribution in [0.15, 0.2) is 42.5 Å². The van der Waals surface area contributed by atoms with Crippen molar-refractivity contribution in [2.45, 2.75) is 40.5 Å². The summed E-state index contributed by atoms with van der Waals surface area (Å²) in [4.78, 5) is 38.6. The molecule has 0 amide bonds. The van der Waals surface area contributed by atoms with Crippen LogP contribution in [0.4, 0.5) is 11.4 Å². The second-order valence-corrected chi connectivity index (χ2v) is 9.04. The Hall–Kier alpha value is -3.94. The van der Waals surface area contributed by atoms with Gasteiger partial charge in [-0.1, -0.05) is 6.07 Å². The first kappa shape index (κ1) is 24.2. The van der Waals surface area contributed by atoms with E-state index in [1.165, 1.54) is 17.7 Å². The molecule has 0 bridgehead atoms. The van der Waals surface area contributed by atoms with Gasteiger partial charge >= 0.3 is 5.97 Å². The lowest BCUT2D eigenvalue weighted by Gasteiger charge is -2.17. The van der Waals surface area contributed by atoms with E-state index < -0.39 is 17.5 Å². The van der Waals surface area contributed by atoms with Gasteiger partial charge in [-0.15, -0.1) is 0 Å². The van der Waals surface area contributed by atoms with Gasteiger partial charge in [0.1, 0.15) is 5.69 Å². The number of aryl methyl sites for hydroxylation is 3. The molecule has 3 aromatic rings. The number of nitrogens with zero attached hydrogens (tertiary/aromatic N) is 3. The molecule has 1 saturated heterocycles. The third kappa shape index (κ3) is 4.82. The average molecular weight is 476 g/mol. The molecule has 1 aliphatic rings. The number of carbonyl (C=O) groups excluding carboxylic acids is 2. The summed E-state index contributed by atoms with van der Waals surface area (Å²) in [6, 6.07) is 12.2. The van der Waals surface area contributed by atoms with Gasteiger partial charge in [-0.25, -0.2) is 4.79 Å². The topological polar surface area (TPSA) is 94.7 Å². The predicted molar refractivity (Wildman–Crippen MR) is 134 cm³/mol. The molecule has 0 aliphatic carbocycles. The largest absolute Gasteiger partial charge is 0.454 e. The number of esters is 1. The number of hydrogen-bond donors (Lipinski definition) is 0. The molecule has 8 heteroatoms. The zero-order valence-electron chi connectivity index (χ0n) is 20.5. The van der Waals surface area contributed by atoms with Crippen LogP contribution in [0.25, 0.3) is 5.69 Å². The van der Waals surface area contributed by atoms with Gasteiger partial charge in [-0.2, -0.15) is 0 Å². The van der Waals surface area contributed by atoms with Crippen molar-refractivity contribution in [3.8, 4) is 5.69 Å². The smallest absolute Gasteiger partial charge is 0.338 e. The summed E-state index contributed by atoms with van der Waals surface area (Å²) in [6.07, 6.45) is 1.96. The summed E-state index contributed by atoms with van der Waals surface area (Å²) in [5, 5.41) is 11.6. The fourth-order valence-electron chi connectivity index (χ4n) is 4.62. The van der Waals surface area contributed by atoms with Gasteiger partial charge in [0.2, 0.25) is 5.78 Å². The Labute approximate surface area is 204 Å². The van der Waals surface area contributed by atoms with Gasteiger partial charge in [-0.05, 0) is 82.0 Å². The van der Waals surface area contributed by atoms with Crippen LogP contribution in [0.5, 0.6) is 0 Å². The summed E-state index contributed by atoms with van der Waals surface area (Å²) >= 11 is 0. The second-order valence-electron chi connectivity index (χ2n) is 9.04. The molecule has 35 heavy (non-hydrogen) atoms. The number of ketones is 1. The zero-order valence-corrected chi connectivity index (χ0v) is 20.5. The number of ether oxygens (including phenoxy) is 1. The van der Waals surface area contributed by atoms with Crippen molar-refractivity contribution in [2.24, 2.45) is 0 Å². The third-order valence-electron chi connectivity index (χ3n) is 6.67. The minimum absolute atomic E-state index is 0.0491. The Kier molecular flexibility index (Phi) is 6.73. The molecular weight excluding hydrogens is 446 g/mol. The highest BCUT2D eigenvalue weighted by Crippen LogP contribution is 2.32. The van der Waals surface area contributed by atoms with Gasteiger partial charge in [0, 0.05) is 41.8 Å². The van der Waals surface area contributed by atoms with Crippen LogP contribution in [0.3, 0.4) is 0 Å². The van der Waals surface area contributed by atoms with Gasteiger partial charge in [0.25, 0.3) is 5.69 Å². The van der Waals surface area contributed by atoms with Gasteiger partial charge in [-0.3, -0.25) is 14.9 Å². The Balaban J connectivity index is 1.50. The van der Waals surface area contributed by atoms with Gasteiger partial charge < -0.3 is 14.2 Å². The summed E-state index contributed by atoms with van der Waals surface area (Å²) in [5.41, 5.74) is 5.85. The van der Waals surface area contributed by atoms with Crippen molar-refractivity contribution in [1.82, 2.24) is 4.57 Å². The molecule has 0 unspecified atom stereocenters. The van der Waals surface area contributed by atoms with E-state index in [9.17, 15) is 19.7 Å². The Bertz CT molecular complexity index is 1320. The third-order valence-corrected chi connectivity index (χ3v) is 6.67. The van der Waals surface area contributed by atoms with E-state index in [0.717, 1.165) is 48.6 Å². The second kappa shape index (κ2) is 9.74. The molecule has 182 valence electrons. The van der Waals surface area contributed by atoms with Crippen LogP contribution in [0, 0.1) is 37.8 Å². The fourth-order valence-corrected chi connectivity index (χ4v) is 4.62. The van der Waals surface area contributed by atoms with Gasteiger partial charge in [0.15, 0.2) is 6.61 Å². The molecule has 1 aromatic heterocycles. The van der Waals surface area contributed by atoms with E-state index >= 15 is 0 Å². The molecule has 0 saturated carbocycles. The maximum absolute atomic E-state index is 12.9. The molecule has 0 spiro atoms. The molecule has 0 N–H and O–H groups in total. The highest BCUT2D eigenvalue weighted by molar-refractivity contribution is 6.00. The standard InChI is InChI=1S/C27H29N3O5/c1-17-7-9-22(13-18(17)2)29-19(3)14-23(20(29)4)26(31)16-35-27(32)21-8-10-24(25(15-21)30(33)34)28-11-5-6-12-28/h7-10,13-15H,5-6,11-12,16H2,1-4H3. The van der Waals surface area contributed by atoms with E-state index in [-0.39, 0.29) is 17.0 Å². The van der Waals surface area contributed by atoms with Gasteiger partial charge in [0.05, 0.1) is 10.5 Å². The number of hydrogen-bond acceptors (Lipinski definition) is 6. The van der Waals surface area contributed by atoms with Crippen LogP contribution in [0.2, 0.25) is 0 Å². The molecule has 1 fully saturated rings. The van der Waals surface area contributed by atoms with Crippen LogP contribution in [0.1, 0.15) is 56.1 Å². The number of benzene rings is 2. The maximum atomic E-state index is 12.9. The summed E-state index contributed by atoms with van der Waals surface area (Å²) in [7, 11) is 0. The molecule has 4 rings (SSSR count).